The number of hydrogen-bond donors (Lipinski definition) is 1. The van der Waals surface area contributed by atoms with E-state index in [-0.39, 0.29) is 23.2 Å². The average Bonchev–Trinajstić information content (AvgIpc) is 2.28. The molecule has 0 saturated heterocycles. The molecule has 0 bridgehead atoms. The minimum absolute atomic E-state index is 0.0299. The minimum Gasteiger partial charge on any atom is -0.395 e. The Hall–Kier alpha value is -0.940. The Morgan fingerprint density at radius 3 is 2.81 bits per heavy atom. The summed E-state index contributed by atoms with van der Waals surface area (Å²) in [4.78, 5) is 11.5. The maximum atomic E-state index is 13.2. The molecule has 0 heterocycles. The average molecular weight is 246 g/mol. The summed E-state index contributed by atoms with van der Waals surface area (Å²) < 4.78 is 26.0. The van der Waals surface area contributed by atoms with Gasteiger partial charge in [0.15, 0.2) is 5.78 Å². The summed E-state index contributed by atoms with van der Waals surface area (Å²) in [5.74, 6) is -1.79. The Kier molecular flexibility index (Phi) is 4.89. The van der Waals surface area contributed by atoms with Gasteiger partial charge >= 0.3 is 0 Å². The predicted molar refractivity (Wildman–Crippen MR) is 59.7 cm³/mol. The first-order valence-electron chi connectivity index (χ1n) is 4.75. The monoisotopic (exact) mass is 246 g/mol. The topological polar surface area (TPSA) is 37.3 Å². The number of hydrogen-bond acceptors (Lipinski definition) is 3. The van der Waals surface area contributed by atoms with Crippen molar-refractivity contribution in [3.8, 4) is 0 Å². The summed E-state index contributed by atoms with van der Waals surface area (Å²) in [6.07, 6.45) is 0. The Morgan fingerprint density at radius 1 is 1.50 bits per heavy atom. The van der Waals surface area contributed by atoms with Gasteiger partial charge in [-0.15, -0.1) is 11.8 Å². The highest BCUT2D eigenvalue weighted by molar-refractivity contribution is 8.00. The van der Waals surface area contributed by atoms with Crippen molar-refractivity contribution >= 4 is 17.5 Å². The van der Waals surface area contributed by atoms with Gasteiger partial charge in [-0.2, -0.15) is 0 Å². The molecular weight excluding hydrogens is 234 g/mol. The zero-order valence-corrected chi connectivity index (χ0v) is 9.56. The zero-order chi connectivity index (χ0) is 12.1. The van der Waals surface area contributed by atoms with Crippen LogP contribution >= 0.6 is 11.8 Å². The van der Waals surface area contributed by atoms with E-state index in [4.69, 9.17) is 5.11 Å². The third-order valence-electron chi connectivity index (χ3n) is 1.98. The molecule has 0 spiro atoms. The van der Waals surface area contributed by atoms with Crippen LogP contribution in [0.25, 0.3) is 0 Å². The third kappa shape index (κ3) is 3.57. The van der Waals surface area contributed by atoms with E-state index in [0.717, 1.165) is 18.2 Å². The molecule has 2 nitrogen and oxygen atoms in total. The summed E-state index contributed by atoms with van der Waals surface area (Å²) in [7, 11) is 0. The molecular formula is C11H12F2O2S. The number of halogens is 2. The number of aliphatic hydroxyl groups excluding tert-OH is 1. The van der Waals surface area contributed by atoms with Crippen molar-refractivity contribution in [2.75, 3.05) is 12.4 Å². The van der Waals surface area contributed by atoms with Gasteiger partial charge < -0.3 is 5.11 Å². The normalized spacial score (nSPS) is 12.5. The summed E-state index contributed by atoms with van der Waals surface area (Å²) in [6.45, 7) is 1.70. The van der Waals surface area contributed by atoms with Crippen molar-refractivity contribution < 1.29 is 18.7 Å². The number of rotatable bonds is 5. The van der Waals surface area contributed by atoms with Gasteiger partial charge in [0, 0.05) is 5.25 Å². The van der Waals surface area contributed by atoms with Crippen LogP contribution in [0.2, 0.25) is 0 Å². The third-order valence-corrected chi connectivity index (χ3v) is 3.13. The van der Waals surface area contributed by atoms with Gasteiger partial charge in [-0.1, -0.05) is 6.92 Å². The molecule has 0 amide bonds. The van der Waals surface area contributed by atoms with Gasteiger partial charge in [-0.25, -0.2) is 8.78 Å². The van der Waals surface area contributed by atoms with Crippen LogP contribution in [0.3, 0.4) is 0 Å². The van der Waals surface area contributed by atoms with E-state index in [9.17, 15) is 13.6 Å². The van der Waals surface area contributed by atoms with Crippen LogP contribution in [-0.2, 0) is 0 Å². The van der Waals surface area contributed by atoms with Crippen molar-refractivity contribution in [3.05, 3.63) is 35.4 Å². The fourth-order valence-corrected chi connectivity index (χ4v) is 1.76. The highest BCUT2D eigenvalue weighted by Crippen LogP contribution is 2.15. The molecule has 0 aromatic heterocycles. The maximum absolute atomic E-state index is 13.2. The van der Waals surface area contributed by atoms with E-state index < -0.39 is 17.4 Å². The Balaban J connectivity index is 2.69. The van der Waals surface area contributed by atoms with Crippen molar-refractivity contribution in [1.82, 2.24) is 0 Å². The molecule has 1 rings (SSSR count). The van der Waals surface area contributed by atoms with E-state index in [0.29, 0.717) is 0 Å². The molecule has 1 atom stereocenters. The van der Waals surface area contributed by atoms with Crippen molar-refractivity contribution in [2.45, 2.75) is 12.2 Å². The summed E-state index contributed by atoms with van der Waals surface area (Å²) >= 11 is 1.21. The Labute approximate surface area is 96.7 Å². The molecule has 0 saturated carbocycles. The second-order valence-corrected chi connectivity index (χ2v) is 4.78. The van der Waals surface area contributed by atoms with Crippen molar-refractivity contribution in [1.29, 1.82) is 0 Å². The first kappa shape index (κ1) is 13.1. The molecule has 1 aromatic carbocycles. The van der Waals surface area contributed by atoms with E-state index in [1.165, 1.54) is 11.8 Å². The number of aliphatic hydroxyl groups is 1. The number of carbonyl (C=O) groups excluding carboxylic acids is 1. The van der Waals surface area contributed by atoms with E-state index in [2.05, 4.69) is 0 Å². The molecule has 1 unspecified atom stereocenters. The lowest BCUT2D eigenvalue weighted by Crippen LogP contribution is -2.11. The molecule has 88 valence electrons. The van der Waals surface area contributed by atoms with Gasteiger partial charge in [0.2, 0.25) is 0 Å². The summed E-state index contributed by atoms with van der Waals surface area (Å²) in [5.41, 5.74) is -0.238. The standard InChI is InChI=1S/C11H12F2O2S/c1-7(5-14)16-6-11(15)9-4-8(12)2-3-10(9)13/h2-4,7,14H,5-6H2,1H3. The lowest BCUT2D eigenvalue weighted by atomic mass is 10.1. The number of thioether (sulfide) groups is 1. The Bertz CT molecular complexity index is 382. The highest BCUT2D eigenvalue weighted by Gasteiger charge is 2.14. The predicted octanol–water partition coefficient (Wildman–Crippen LogP) is 2.26. The summed E-state index contributed by atoms with van der Waals surface area (Å²) in [5, 5.41) is 8.65. The molecule has 0 aliphatic rings. The number of Topliss-reactive ketones (excluding diaryl/α,β-unsaturated/α-hetero) is 1. The van der Waals surface area contributed by atoms with E-state index in [1.807, 2.05) is 0 Å². The van der Waals surface area contributed by atoms with Crippen LogP contribution < -0.4 is 0 Å². The smallest absolute Gasteiger partial charge is 0.175 e. The van der Waals surface area contributed by atoms with E-state index >= 15 is 0 Å². The van der Waals surface area contributed by atoms with Gasteiger partial charge in [0.05, 0.1) is 17.9 Å². The van der Waals surface area contributed by atoms with Crippen LogP contribution in [-0.4, -0.2) is 28.5 Å². The minimum atomic E-state index is -0.719. The fourth-order valence-electron chi connectivity index (χ4n) is 1.06. The Morgan fingerprint density at radius 2 is 2.19 bits per heavy atom. The molecule has 1 aromatic rings. The van der Waals surface area contributed by atoms with Gasteiger partial charge in [0.1, 0.15) is 11.6 Å². The van der Waals surface area contributed by atoms with Crippen LogP contribution in [0.1, 0.15) is 17.3 Å². The first-order valence-corrected chi connectivity index (χ1v) is 5.80. The van der Waals surface area contributed by atoms with Crippen LogP contribution in [0, 0.1) is 11.6 Å². The lowest BCUT2D eigenvalue weighted by molar-refractivity contribution is 0.101. The molecule has 1 N–H and O–H groups in total. The van der Waals surface area contributed by atoms with Crippen LogP contribution in [0.5, 0.6) is 0 Å². The van der Waals surface area contributed by atoms with Crippen molar-refractivity contribution in [2.24, 2.45) is 0 Å². The molecule has 0 aliphatic heterocycles. The fraction of sp³-hybridized carbons (Fsp3) is 0.364. The second kappa shape index (κ2) is 5.96. The maximum Gasteiger partial charge on any atom is 0.175 e. The first-order chi connectivity index (χ1) is 7.54. The zero-order valence-electron chi connectivity index (χ0n) is 8.74. The number of carbonyl (C=O) groups is 1. The SMILES string of the molecule is CC(CO)SCC(=O)c1cc(F)ccc1F. The van der Waals surface area contributed by atoms with Crippen molar-refractivity contribution in [3.63, 3.8) is 0 Å². The largest absolute Gasteiger partial charge is 0.395 e. The molecule has 5 heteroatoms. The quantitative estimate of drug-likeness (QED) is 0.810. The molecule has 0 aliphatic carbocycles. The highest BCUT2D eigenvalue weighted by atomic mass is 32.2. The second-order valence-electron chi connectivity index (χ2n) is 3.35. The van der Waals surface area contributed by atoms with Crippen LogP contribution in [0.15, 0.2) is 18.2 Å². The van der Waals surface area contributed by atoms with Gasteiger partial charge in [0.25, 0.3) is 0 Å². The number of benzene rings is 1. The molecule has 0 radical (unpaired) electrons. The molecule has 0 fully saturated rings. The number of ketones is 1. The van der Waals surface area contributed by atoms with Gasteiger partial charge in [-0.3, -0.25) is 4.79 Å². The van der Waals surface area contributed by atoms with E-state index in [1.54, 1.807) is 6.92 Å². The molecule has 16 heavy (non-hydrogen) atoms. The van der Waals surface area contributed by atoms with Crippen LogP contribution in [0.4, 0.5) is 8.78 Å². The summed E-state index contributed by atoms with van der Waals surface area (Å²) in [6, 6.07) is 2.79. The van der Waals surface area contributed by atoms with Gasteiger partial charge in [-0.05, 0) is 18.2 Å². The lowest BCUT2D eigenvalue weighted by Gasteiger charge is -2.07.